The summed E-state index contributed by atoms with van der Waals surface area (Å²) in [7, 11) is -2.42. The molecule has 0 aliphatic rings. The number of benzene rings is 2. The molecule has 0 unspecified atom stereocenters. The summed E-state index contributed by atoms with van der Waals surface area (Å²) < 4.78 is 26.1. The topological polar surface area (TPSA) is 92.3 Å². The minimum Gasteiger partial charge on any atom is -0.355 e. The number of carbonyl (C=O) groups excluding carboxylic acids is 2. The molecule has 0 heterocycles. The predicted octanol–water partition coefficient (Wildman–Crippen LogP) is 2.44. The van der Waals surface area contributed by atoms with Crippen LogP contribution in [-0.2, 0) is 10.0 Å². The summed E-state index contributed by atoms with van der Waals surface area (Å²) in [4.78, 5) is 23.4. The molecule has 130 valence electrons. The highest BCUT2D eigenvalue weighted by molar-refractivity contribution is 7.90. The Balaban J connectivity index is 0.00000185. The Morgan fingerprint density at radius 3 is 1.75 bits per heavy atom. The first-order valence-electron chi connectivity index (χ1n) is 7.38. The molecule has 2 aromatic rings. The molecule has 0 aliphatic heterocycles. The molecule has 0 saturated heterocycles. The zero-order valence-electron chi connectivity index (χ0n) is 13.7. The van der Waals surface area contributed by atoms with Gasteiger partial charge in [0.25, 0.3) is 21.8 Å². The summed E-state index contributed by atoms with van der Waals surface area (Å²) in [6.45, 7) is 4.00. The Morgan fingerprint density at radius 1 is 0.833 bits per heavy atom. The van der Waals surface area contributed by atoms with Crippen LogP contribution in [0.3, 0.4) is 0 Å². The van der Waals surface area contributed by atoms with E-state index >= 15 is 0 Å². The lowest BCUT2D eigenvalue weighted by Gasteiger charge is -2.07. The van der Waals surface area contributed by atoms with Crippen molar-refractivity contribution < 1.29 is 19.4 Å². The average Bonchev–Trinajstić information content (AvgIpc) is 2.63. The first-order chi connectivity index (χ1) is 11.4. The van der Waals surface area contributed by atoms with Crippen LogP contribution in [0.1, 0.15) is 36.0 Å². The van der Waals surface area contributed by atoms with Gasteiger partial charge in [-0.3, -0.25) is 9.59 Å². The number of amides is 2. The van der Waals surface area contributed by atoms with Gasteiger partial charge in [-0.25, -0.2) is 13.1 Å². The molecule has 0 aliphatic carbocycles. The van der Waals surface area contributed by atoms with E-state index in [1.54, 1.807) is 18.2 Å². The number of hydrogen-bond acceptors (Lipinski definition) is 4. The van der Waals surface area contributed by atoms with Crippen LogP contribution in [0.25, 0.3) is 0 Å². The van der Waals surface area contributed by atoms with Crippen molar-refractivity contribution in [2.75, 3.05) is 7.05 Å². The number of rotatable bonds is 4. The van der Waals surface area contributed by atoms with Crippen LogP contribution in [-0.4, -0.2) is 27.3 Å². The summed E-state index contributed by atoms with van der Waals surface area (Å²) in [6, 6.07) is 13.3. The van der Waals surface area contributed by atoms with E-state index in [1.165, 1.54) is 43.4 Å². The van der Waals surface area contributed by atoms with E-state index in [0.717, 1.165) is 0 Å². The van der Waals surface area contributed by atoms with E-state index in [4.69, 9.17) is 0 Å². The fourth-order valence-corrected chi connectivity index (χ4v) is 2.75. The minimum atomic E-state index is -3.92. The molecular weight excluding hydrogens is 328 g/mol. The summed E-state index contributed by atoms with van der Waals surface area (Å²) in [5, 5.41) is 2.45. The van der Waals surface area contributed by atoms with Crippen LogP contribution < -0.4 is 10.0 Å². The first-order valence-corrected chi connectivity index (χ1v) is 8.87. The summed E-state index contributed by atoms with van der Waals surface area (Å²) in [6.07, 6.45) is 0. The van der Waals surface area contributed by atoms with Gasteiger partial charge >= 0.3 is 0 Å². The largest absolute Gasteiger partial charge is 0.355 e. The van der Waals surface area contributed by atoms with Crippen LogP contribution in [0, 0.1) is 0 Å². The molecule has 0 radical (unpaired) electrons. The van der Waals surface area contributed by atoms with Crippen LogP contribution >= 0.6 is 0 Å². The van der Waals surface area contributed by atoms with Crippen LogP contribution in [0.15, 0.2) is 59.5 Å². The fraction of sp³-hybridized carbons (Fsp3) is 0.176. The molecule has 0 fully saturated rings. The van der Waals surface area contributed by atoms with Crippen molar-refractivity contribution in [1.82, 2.24) is 10.0 Å². The zero-order valence-corrected chi connectivity index (χ0v) is 14.6. The monoisotopic (exact) mass is 350 g/mol. The highest BCUT2D eigenvalue weighted by Crippen LogP contribution is 2.09. The van der Waals surface area contributed by atoms with Crippen LogP contribution in [0.5, 0.6) is 0 Å². The second kappa shape index (κ2) is 8.83. The van der Waals surface area contributed by atoms with Gasteiger partial charge in [-0.05, 0) is 36.4 Å². The highest BCUT2D eigenvalue weighted by atomic mass is 32.2. The molecule has 0 saturated carbocycles. The maximum absolute atomic E-state index is 12.0. The van der Waals surface area contributed by atoms with Gasteiger partial charge in [-0.1, -0.05) is 32.0 Å². The van der Waals surface area contributed by atoms with Gasteiger partial charge in [0.15, 0.2) is 0 Å². The van der Waals surface area contributed by atoms with Gasteiger partial charge in [-0.2, -0.15) is 0 Å². The van der Waals surface area contributed by atoms with Crippen molar-refractivity contribution in [2.24, 2.45) is 0 Å². The van der Waals surface area contributed by atoms with E-state index in [-0.39, 0.29) is 17.8 Å². The Morgan fingerprint density at radius 2 is 1.29 bits per heavy atom. The lowest BCUT2D eigenvalue weighted by molar-refractivity contribution is 0.0957. The average molecular weight is 350 g/mol. The van der Waals surface area contributed by atoms with Crippen LogP contribution in [0.2, 0.25) is 0 Å². The lowest BCUT2D eigenvalue weighted by atomic mass is 10.1. The Kier molecular flexibility index (Phi) is 7.13. The summed E-state index contributed by atoms with van der Waals surface area (Å²) >= 11 is 0. The third-order valence-corrected chi connectivity index (χ3v) is 4.26. The van der Waals surface area contributed by atoms with Gasteiger partial charge in [-0.15, -0.1) is 0 Å². The first kappa shape index (κ1) is 19.4. The molecular formula is C17H22N2O4S. The van der Waals surface area contributed by atoms with Gasteiger partial charge in [0.05, 0.1) is 4.90 Å². The lowest BCUT2D eigenvalue weighted by Crippen LogP contribution is -2.30. The van der Waals surface area contributed by atoms with E-state index in [1.807, 2.05) is 18.6 Å². The molecule has 6 nitrogen and oxygen atoms in total. The molecule has 2 aromatic carbocycles. The van der Waals surface area contributed by atoms with Crippen LogP contribution in [0.4, 0.5) is 0 Å². The standard InChI is InChI=1S/C15H14N2O4S.C2H6.H2/c1-16-14(18)11-7-9-12(10-8-11)15(19)17-22(20,21)13-5-3-2-4-6-13;1-2;/h2-10H,1H3,(H,16,18)(H,17,19);1-2H3;1H. The smallest absolute Gasteiger partial charge is 0.264 e. The fourth-order valence-electron chi connectivity index (χ4n) is 1.76. The van der Waals surface area contributed by atoms with Crippen molar-refractivity contribution in [1.29, 1.82) is 0 Å². The quantitative estimate of drug-likeness (QED) is 0.886. The molecule has 24 heavy (non-hydrogen) atoms. The Hall–Kier alpha value is -2.67. The van der Waals surface area contributed by atoms with Crippen molar-refractivity contribution >= 4 is 21.8 Å². The molecule has 0 aromatic heterocycles. The number of sulfonamides is 1. The summed E-state index contributed by atoms with van der Waals surface area (Å²) in [5.41, 5.74) is 0.525. The maximum atomic E-state index is 12.0. The van der Waals surface area contributed by atoms with E-state index in [9.17, 15) is 18.0 Å². The third-order valence-electron chi connectivity index (χ3n) is 2.92. The van der Waals surface area contributed by atoms with E-state index in [2.05, 4.69) is 5.32 Å². The molecule has 2 amide bonds. The molecule has 7 heteroatoms. The molecule has 2 rings (SSSR count). The van der Waals surface area contributed by atoms with Gasteiger partial charge in [0.1, 0.15) is 0 Å². The minimum absolute atomic E-state index is 0. The van der Waals surface area contributed by atoms with Gasteiger partial charge in [0, 0.05) is 19.6 Å². The van der Waals surface area contributed by atoms with Crippen molar-refractivity contribution in [3.8, 4) is 0 Å². The Bertz CT molecular complexity index is 791. The second-order valence-electron chi connectivity index (χ2n) is 4.40. The summed E-state index contributed by atoms with van der Waals surface area (Å²) in [5.74, 6) is -1.05. The molecule has 2 N–H and O–H groups in total. The van der Waals surface area contributed by atoms with Crippen molar-refractivity contribution in [3.63, 3.8) is 0 Å². The Labute approximate surface area is 143 Å². The molecule has 0 spiro atoms. The SMILES string of the molecule is CC.CNC(=O)c1ccc(C(=O)NS(=O)(=O)c2ccccc2)cc1.[HH]. The third kappa shape index (κ3) is 4.92. The van der Waals surface area contributed by atoms with Crippen molar-refractivity contribution in [2.45, 2.75) is 18.7 Å². The zero-order chi connectivity index (χ0) is 18.2. The van der Waals surface area contributed by atoms with Gasteiger partial charge < -0.3 is 5.32 Å². The maximum Gasteiger partial charge on any atom is 0.264 e. The van der Waals surface area contributed by atoms with E-state index in [0.29, 0.717) is 5.56 Å². The molecule has 0 atom stereocenters. The number of nitrogens with one attached hydrogen (secondary N) is 2. The highest BCUT2D eigenvalue weighted by Gasteiger charge is 2.18. The van der Waals surface area contributed by atoms with E-state index < -0.39 is 15.9 Å². The van der Waals surface area contributed by atoms with Crippen molar-refractivity contribution in [3.05, 3.63) is 65.7 Å². The normalized spacial score (nSPS) is 10.1. The van der Waals surface area contributed by atoms with Gasteiger partial charge in [0.2, 0.25) is 0 Å². The number of hydrogen-bond donors (Lipinski definition) is 2. The molecule has 0 bridgehead atoms. The predicted molar refractivity (Wildman–Crippen MR) is 94.4 cm³/mol. The number of carbonyl (C=O) groups is 2. The second-order valence-corrected chi connectivity index (χ2v) is 6.09.